The van der Waals surface area contributed by atoms with Crippen molar-refractivity contribution >= 4 is 11.6 Å². The van der Waals surface area contributed by atoms with Crippen molar-refractivity contribution in [2.75, 3.05) is 46.0 Å². The maximum absolute atomic E-state index is 5.94. The van der Waals surface area contributed by atoms with Gasteiger partial charge in [0, 0.05) is 31.6 Å². The van der Waals surface area contributed by atoms with Crippen LogP contribution in [0.2, 0.25) is 0 Å². The molecule has 0 aliphatic carbocycles. The molecule has 0 amide bonds. The minimum absolute atomic E-state index is 0.161. The summed E-state index contributed by atoms with van der Waals surface area (Å²) in [5, 5.41) is 0. The third-order valence-electron chi connectivity index (χ3n) is 2.68. The van der Waals surface area contributed by atoms with Crippen molar-refractivity contribution in [1.82, 2.24) is 0 Å². The first-order chi connectivity index (χ1) is 6.83. The van der Waals surface area contributed by atoms with Gasteiger partial charge >= 0.3 is 0 Å². The van der Waals surface area contributed by atoms with Gasteiger partial charge in [0.25, 0.3) is 0 Å². The maximum atomic E-state index is 5.94. The summed E-state index contributed by atoms with van der Waals surface area (Å²) in [5.74, 6) is 0.667. The van der Waals surface area contributed by atoms with Crippen LogP contribution in [0.5, 0.6) is 0 Å². The molecule has 0 N–H and O–H groups in total. The summed E-state index contributed by atoms with van der Waals surface area (Å²) in [6, 6.07) is 0. The summed E-state index contributed by atoms with van der Waals surface area (Å²) in [5.41, 5.74) is 0.161. The molecule has 0 aromatic rings. The number of alkyl halides is 1. The van der Waals surface area contributed by atoms with Gasteiger partial charge in [-0.05, 0) is 12.8 Å². The van der Waals surface area contributed by atoms with Gasteiger partial charge in [0.05, 0.1) is 19.8 Å². The first-order valence-corrected chi connectivity index (χ1v) is 5.57. The molecule has 1 atom stereocenters. The average Bonchev–Trinajstić information content (AvgIpc) is 2.67. The van der Waals surface area contributed by atoms with Crippen molar-refractivity contribution in [3.8, 4) is 0 Å². The largest absolute Gasteiger partial charge is 0.382 e. The van der Waals surface area contributed by atoms with Gasteiger partial charge in [0.15, 0.2) is 0 Å². The predicted octanol–water partition coefficient (Wildman–Crippen LogP) is 1.68. The standard InChI is InChI=1S/C10H19ClO3/c1-12-6-7-13-4-2-10(8-11)3-5-14-9-10/h2-9H2,1H3. The van der Waals surface area contributed by atoms with Crippen LogP contribution in [-0.2, 0) is 14.2 Å². The molecule has 1 aliphatic rings. The van der Waals surface area contributed by atoms with Crippen LogP contribution in [0.1, 0.15) is 12.8 Å². The fraction of sp³-hybridized carbons (Fsp3) is 1.00. The van der Waals surface area contributed by atoms with E-state index in [0.717, 1.165) is 32.7 Å². The summed E-state index contributed by atoms with van der Waals surface area (Å²) in [6.45, 7) is 3.69. The second kappa shape index (κ2) is 6.62. The maximum Gasteiger partial charge on any atom is 0.0700 e. The van der Waals surface area contributed by atoms with Gasteiger partial charge in [0.2, 0.25) is 0 Å². The molecule has 1 rings (SSSR count). The molecule has 0 aromatic carbocycles. The van der Waals surface area contributed by atoms with Crippen molar-refractivity contribution in [3.63, 3.8) is 0 Å². The lowest BCUT2D eigenvalue weighted by Gasteiger charge is -2.23. The molecular formula is C10H19ClO3. The fourth-order valence-electron chi connectivity index (χ4n) is 1.55. The summed E-state index contributed by atoms with van der Waals surface area (Å²) < 4.78 is 15.7. The quantitative estimate of drug-likeness (QED) is 0.485. The average molecular weight is 223 g/mol. The number of rotatable bonds is 7. The van der Waals surface area contributed by atoms with E-state index in [1.54, 1.807) is 7.11 Å². The minimum atomic E-state index is 0.161. The van der Waals surface area contributed by atoms with Gasteiger partial charge in [-0.2, -0.15) is 0 Å². The molecule has 1 fully saturated rings. The Bertz CT molecular complexity index is 146. The Morgan fingerprint density at radius 3 is 2.79 bits per heavy atom. The first-order valence-electron chi connectivity index (χ1n) is 5.03. The second-order valence-electron chi connectivity index (χ2n) is 3.79. The molecule has 0 saturated carbocycles. The van der Waals surface area contributed by atoms with Gasteiger partial charge in [-0.15, -0.1) is 11.6 Å². The van der Waals surface area contributed by atoms with Crippen LogP contribution < -0.4 is 0 Å². The molecule has 14 heavy (non-hydrogen) atoms. The number of hydrogen-bond donors (Lipinski definition) is 0. The molecule has 0 radical (unpaired) electrons. The minimum Gasteiger partial charge on any atom is -0.382 e. The van der Waals surface area contributed by atoms with Crippen molar-refractivity contribution in [1.29, 1.82) is 0 Å². The van der Waals surface area contributed by atoms with E-state index in [4.69, 9.17) is 25.8 Å². The lowest BCUT2D eigenvalue weighted by Crippen LogP contribution is -2.25. The van der Waals surface area contributed by atoms with E-state index in [1.165, 1.54) is 0 Å². The van der Waals surface area contributed by atoms with Crippen molar-refractivity contribution in [2.24, 2.45) is 5.41 Å². The van der Waals surface area contributed by atoms with Crippen molar-refractivity contribution in [2.45, 2.75) is 12.8 Å². The highest BCUT2D eigenvalue weighted by molar-refractivity contribution is 6.18. The number of methoxy groups -OCH3 is 1. The Morgan fingerprint density at radius 2 is 2.21 bits per heavy atom. The summed E-state index contributed by atoms with van der Waals surface area (Å²) >= 11 is 5.94. The van der Waals surface area contributed by atoms with Gasteiger partial charge < -0.3 is 14.2 Å². The molecule has 0 bridgehead atoms. The molecular weight excluding hydrogens is 204 g/mol. The molecule has 1 saturated heterocycles. The monoisotopic (exact) mass is 222 g/mol. The van der Waals surface area contributed by atoms with Crippen LogP contribution in [0.15, 0.2) is 0 Å². The van der Waals surface area contributed by atoms with E-state index in [-0.39, 0.29) is 5.41 Å². The SMILES string of the molecule is COCCOCCC1(CCl)CCOC1. The molecule has 4 heteroatoms. The van der Waals surface area contributed by atoms with E-state index >= 15 is 0 Å². The van der Waals surface area contributed by atoms with Crippen LogP contribution in [0.3, 0.4) is 0 Å². The lowest BCUT2D eigenvalue weighted by atomic mass is 9.86. The topological polar surface area (TPSA) is 27.7 Å². The van der Waals surface area contributed by atoms with Gasteiger partial charge in [-0.25, -0.2) is 0 Å². The molecule has 0 spiro atoms. The fourth-order valence-corrected chi connectivity index (χ4v) is 1.90. The highest BCUT2D eigenvalue weighted by Gasteiger charge is 2.33. The third-order valence-corrected chi connectivity index (χ3v) is 3.24. The van der Waals surface area contributed by atoms with E-state index in [2.05, 4.69) is 0 Å². The van der Waals surface area contributed by atoms with Crippen molar-refractivity contribution in [3.05, 3.63) is 0 Å². The molecule has 0 aromatic heterocycles. The zero-order valence-corrected chi connectivity index (χ0v) is 9.52. The van der Waals surface area contributed by atoms with Gasteiger partial charge in [-0.3, -0.25) is 0 Å². The first kappa shape index (κ1) is 12.2. The summed E-state index contributed by atoms with van der Waals surface area (Å²) in [6.07, 6.45) is 2.05. The molecule has 84 valence electrons. The smallest absolute Gasteiger partial charge is 0.0700 e. The number of ether oxygens (including phenoxy) is 3. The molecule has 1 unspecified atom stereocenters. The summed E-state index contributed by atoms with van der Waals surface area (Å²) in [4.78, 5) is 0. The van der Waals surface area contributed by atoms with Crippen LogP contribution in [0, 0.1) is 5.41 Å². The second-order valence-corrected chi connectivity index (χ2v) is 4.06. The Kier molecular flexibility index (Phi) is 5.78. The zero-order valence-electron chi connectivity index (χ0n) is 8.76. The number of halogens is 1. The van der Waals surface area contributed by atoms with Crippen LogP contribution in [0.25, 0.3) is 0 Å². The van der Waals surface area contributed by atoms with E-state index in [0.29, 0.717) is 19.1 Å². The summed E-state index contributed by atoms with van der Waals surface area (Å²) in [7, 11) is 1.68. The Balaban J connectivity index is 2.08. The van der Waals surface area contributed by atoms with Gasteiger partial charge in [0.1, 0.15) is 0 Å². The van der Waals surface area contributed by atoms with E-state index in [9.17, 15) is 0 Å². The Hall–Kier alpha value is 0.170. The van der Waals surface area contributed by atoms with Crippen LogP contribution in [0.4, 0.5) is 0 Å². The van der Waals surface area contributed by atoms with Crippen LogP contribution in [-0.4, -0.2) is 46.0 Å². The zero-order chi connectivity index (χ0) is 10.3. The van der Waals surface area contributed by atoms with Crippen molar-refractivity contribution < 1.29 is 14.2 Å². The highest BCUT2D eigenvalue weighted by Crippen LogP contribution is 2.33. The Morgan fingerprint density at radius 1 is 1.36 bits per heavy atom. The molecule has 3 nitrogen and oxygen atoms in total. The van der Waals surface area contributed by atoms with Crippen LogP contribution >= 0.6 is 11.6 Å². The van der Waals surface area contributed by atoms with Gasteiger partial charge in [-0.1, -0.05) is 0 Å². The highest BCUT2D eigenvalue weighted by atomic mass is 35.5. The Labute approximate surface area is 90.7 Å². The van der Waals surface area contributed by atoms with E-state index in [1.807, 2.05) is 0 Å². The molecule has 1 heterocycles. The number of hydrogen-bond acceptors (Lipinski definition) is 3. The lowest BCUT2D eigenvalue weighted by molar-refractivity contribution is 0.0510. The normalized spacial score (nSPS) is 27.0. The van der Waals surface area contributed by atoms with E-state index < -0.39 is 0 Å². The predicted molar refractivity (Wildman–Crippen MR) is 55.9 cm³/mol. The molecule has 1 aliphatic heterocycles. The third kappa shape index (κ3) is 3.73.